The third kappa shape index (κ3) is 5.28. The molecule has 190 valence electrons. The van der Waals surface area contributed by atoms with E-state index in [1.807, 2.05) is 29.6 Å². The molecule has 0 saturated carbocycles. The van der Waals surface area contributed by atoms with Crippen molar-refractivity contribution in [2.24, 2.45) is 0 Å². The lowest BCUT2D eigenvalue weighted by Gasteiger charge is -2.19. The summed E-state index contributed by atoms with van der Waals surface area (Å²) in [6, 6.07) is 13.7. The number of ether oxygens (including phenoxy) is 3. The summed E-state index contributed by atoms with van der Waals surface area (Å²) in [4.78, 5) is 30.3. The van der Waals surface area contributed by atoms with Crippen LogP contribution >= 0.6 is 23.1 Å². The van der Waals surface area contributed by atoms with Gasteiger partial charge in [-0.05, 0) is 48.7 Å². The Balaban J connectivity index is 1.29. The predicted octanol–water partition coefficient (Wildman–Crippen LogP) is 6.26. The molecule has 9 heteroatoms. The quantitative estimate of drug-likeness (QED) is 0.221. The average molecular weight is 535 g/mol. The van der Waals surface area contributed by atoms with E-state index in [0.717, 1.165) is 32.6 Å². The molecule has 0 bridgehead atoms. The third-order valence-electron chi connectivity index (χ3n) is 6.09. The van der Waals surface area contributed by atoms with E-state index in [0.29, 0.717) is 46.6 Å². The molecule has 0 aliphatic carbocycles. The Morgan fingerprint density at radius 2 is 1.89 bits per heavy atom. The molecule has 0 saturated heterocycles. The smallest absolute Gasteiger partial charge is 0.341 e. The van der Waals surface area contributed by atoms with Crippen LogP contribution in [0.4, 0.5) is 5.00 Å². The lowest BCUT2D eigenvalue weighted by atomic mass is 10.0. The van der Waals surface area contributed by atoms with Gasteiger partial charge in [-0.15, -0.1) is 23.1 Å². The number of rotatable bonds is 7. The zero-order chi connectivity index (χ0) is 25.9. The first kappa shape index (κ1) is 25.1. The van der Waals surface area contributed by atoms with E-state index in [-0.39, 0.29) is 12.3 Å². The van der Waals surface area contributed by atoms with E-state index >= 15 is 0 Å². The molecule has 7 nitrogen and oxygen atoms in total. The summed E-state index contributed by atoms with van der Waals surface area (Å²) < 4.78 is 16.3. The van der Waals surface area contributed by atoms with Crippen molar-refractivity contribution < 1.29 is 23.8 Å². The number of carbonyl (C=O) groups excluding carboxylic acids is 2. The summed E-state index contributed by atoms with van der Waals surface area (Å²) in [5.41, 5.74) is 5.06. The van der Waals surface area contributed by atoms with Crippen molar-refractivity contribution in [3.8, 4) is 22.6 Å². The SMILES string of the molecule is COC(=O)c1c(-c2ccc3c(c2)OCCO3)csc1NC(=O)CCSc1cc(C)c2cccc(C)c2n1. The number of nitrogens with zero attached hydrogens (tertiary/aromatic N) is 1. The summed E-state index contributed by atoms with van der Waals surface area (Å²) in [5.74, 6) is 1.16. The zero-order valence-corrected chi connectivity index (χ0v) is 22.4. The number of amides is 1. The number of thiophene rings is 1. The molecule has 0 fully saturated rings. The van der Waals surface area contributed by atoms with E-state index in [1.54, 1.807) is 11.8 Å². The maximum Gasteiger partial charge on any atom is 0.341 e. The van der Waals surface area contributed by atoms with E-state index in [1.165, 1.54) is 18.4 Å². The predicted molar refractivity (Wildman–Crippen MR) is 147 cm³/mol. The number of hydrogen-bond acceptors (Lipinski definition) is 8. The van der Waals surface area contributed by atoms with Gasteiger partial charge in [0.25, 0.3) is 0 Å². The fraction of sp³-hybridized carbons (Fsp3) is 0.250. The third-order valence-corrected chi connectivity index (χ3v) is 7.90. The minimum absolute atomic E-state index is 0.179. The number of esters is 1. The number of pyridine rings is 1. The first-order valence-corrected chi connectivity index (χ1v) is 13.7. The number of hydrogen-bond donors (Lipinski definition) is 1. The van der Waals surface area contributed by atoms with Crippen molar-refractivity contribution in [1.82, 2.24) is 4.98 Å². The number of thioether (sulfide) groups is 1. The van der Waals surface area contributed by atoms with Gasteiger partial charge in [0.1, 0.15) is 23.8 Å². The Morgan fingerprint density at radius 1 is 1.08 bits per heavy atom. The first-order chi connectivity index (χ1) is 17.9. The molecule has 37 heavy (non-hydrogen) atoms. The van der Waals surface area contributed by atoms with Crippen LogP contribution in [-0.4, -0.2) is 42.9 Å². The molecule has 2 aromatic carbocycles. The van der Waals surface area contributed by atoms with Gasteiger partial charge in [-0.3, -0.25) is 4.79 Å². The summed E-state index contributed by atoms with van der Waals surface area (Å²) in [7, 11) is 1.33. The number of para-hydroxylation sites is 1. The first-order valence-electron chi connectivity index (χ1n) is 11.8. The number of benzene rings is 2. The monoisotopic (exact) mass is 534 g/mol. The van der Waals surface area contributed by atoms with Crippen LogP contribution < -0.4 is 14.8 Å². The van der Waals surface area contributed by atoms with Crippen LogP contribution in [0.3, 0.4) is 0 Å². The number of aryl methyl sites for hydroxylation is 2. The summed E-state index contributed by atoms with van der Waals surface area (Å²) in [6.07, 6.45) is 0.273. The van der Waals surface area contributed by atoms with Gasteiger partial charge in [0.15, 0.2) is 11.5 Å². The van der Waals surface area contributed by atoms with Crippen molar-refractivity contribution >= 4 is 50.9 Å². The highest BCUT2D eigenvalue weighted by Gasteiger charge is 2.24. The molecule has 2 aromatic heterocycles. The molecule has 1 aliphatic heterocycles. The zero-order valence-electron chi connectivity index (χ0n) is 20.8. The molecule has 4 aromatic rings. The Bertz CT molecular complexity index is 1500. The summed E-state index contributed by atoms with van der Waals surface area (Å²) in [5, 5.41) is 7.23. The number of aromatic nitrogens is 1. The second kappa shape index (κ2) is 10.8. The number of nitrogens with one attached hydrogen (secondary N) is 1. The number of carbonyl (C=O) groups is 2. The molecule has 3 heterocycles. The molecular formula is C28H26N2O5S2. The minimum atomic E-state index is -0.512. The van der Waals surface area contributed by atoms with Crippen molar-refractivity contribution in [2.45, 2.75) is 25.3 Å². The Morgan fingerprint density at radius 3 is 2.70 bits per heavy atom. The molecule has 0 spiro atoms. The highest BCUT2D eigenvalue weighted by Crippen LogP contribution is 2.40. The number of fused-ring (bicyclic) bond motifs is 2. The average Bonchev–Trinajstić information content (AvgIpc) is 3.32. The van der Waals surface area contributed by atoms with Gasteiger partial charge in [0.05, 0.1) is 17.7 Å². The number of methoxy groups -OCH3 is 1. The number of anilines is 1. The van der Waals surface area contributed by atoms with E-state index in [2.05, 4.69) is 37.4 Å². The van der Waals surface area contributed by atoms with Gasteiger partial charge in [0, 0.05) is 28.5 Å². The fourth-order valence-corrected chi connectivity index (χ4v) is 6.11. The maximum atomic E-state index is 12.8. The second-order valence-electron chi connectivity index (χ2n) is 8.60. The topological polar surface area (TPSA) is 86.8 Å². The van der Waals surface area contributed by atoms with Gasteiger partial charge in [-0.2, -0.15) is 0 Å². The van der Waals surface area contributed by atoms with Crippen LogP contribution in [-0.2, 0) is 9.53 Å². The Hall–Kier alpha value is -3.56. The van der Waals surface area contributed by atoms with Crippen molar-refractivity contribution in [3.63, 3.8) is 0 Å². The van der Waals surface area contributed by atoms with Crippen LogP contribution in [0.1, 0.15) is 27.9 Å². The van der Waals surface area contributed by atoms with Crippen molar-refractivity contribution in [2.75, 3.05) is 31.4 Å². The highest BCUT2D eigenvalue weighted by atomic mass is 32.2. The van der Waals surface area contributed by atoms with E-state index in [9.17, 15) is 9.59 Å². The fourth-order valence-electron chi connectivity index (χ4n) is 4.22. The molecule has 0 atom stereocenters. The standard InChI is InChI=1S/C28H26N2O5S2/c1-16-5-4-6-19-17(2)13-24(30-26(16)19)36-12-9-23(31)29-27-25(28(32)33-3)20(15-37-27)18-7-8-21-22(14-18)35-11-10-34-21/h4-8,13-15H,9-12H2,1-3H3,(H,29,31). The Labute approximate surface area is 223 Å². The molecule has 5 rings (SSSR count). The molecular weight excluding hydrogens is 508 g/mol. The highest BCUT2D eigenvalue weighted by molar-refractivity contribution is 7.99. The second-order valence-corrected chi connectivity index (χ2v) is 10.6. The molecule has 1 aliphatic rings. The molecule has 0 unspecified atom stereocenters. The van der Waals surface area contributed by atoms with Crippen LogP contribution in [0, 0.1) is 13.8 Å². The Kier molecular flexibility index (Phi) is 7.34. The van der Waals surface area contributed by atoms with E-state index < -0.39 is 5.97 Å². The van der Waals surface area contributed by atoms with Crippen molar-refractivity contribution in [1.29, 1.82) is 0 Å². The van der Waals surface area contributed by atoms with E-state index in [4.69, 9.17) is 19.2 Å². The van der Waals surface area contributed by atoms with Crippen LogP contribution in [0.15, 0.2) is 52.9 Å². The van der Waals surface area contributed by atoms with Crippen LogP contribution in [0.2, 0.25) is 0 Å². The summed E-state index contributed by atoms with van der Waals surface area (Å²) in [6.45, 7) is 5.10. The lowest BCUT2D eigenvalue weighted by molar-refractivity contribution is -0.115. The molecule has 0 radical (unpaired) electrons. The van der Waals surface area contributed by atoms with Crippen LogP contribution in [0.25, 0.3) is 22.0 Å². The normalized spacial score (nSPS) is 12.4. The molecule has 1 amide bonds. The van der Waals surface area contributed by atoms with Gasteiger partial charge in [0.2, 0.25) is 5.91 Å². The van der Waals surface area contributed by atoms with Gasteiger partial charge in [-0.25, -0.2) is 9.78 Å². The maximum absolute atomic E-state index is 12.8. The lowest BCUT2D eigenvalue weighted by Crippen LogP contribution is -2.15. The van der Waals surface area contributed by atoms with Gasteiger partial charge < -0.3 is 19.5 Å². The van der Waals surface area contributed by atoms with Crippen molar-refractivity contribution in [3.05, 3.63) is 64.5 Å². The summed E-state index contributed by atoms with van der Waals surface area (Å²) >= 11 is 2.83. The largest absolute Gasteiger partial charge is 0.486 e. The van der Waals surface area contributed by atoms with Gasteiger partial charge in [-0.1, -0.05) is 24.3 Å². The molecule has 1 N–H and O–H groups in total. The minimum Gasteiger partial charge on any atom is -0.486 e. The van der Waals surface area contributed by atoms with Crippen LogP contribution in [0.5, 0.6) is 11.5 Å². The van der Waals surface area contributed by atoms with Gasteiger partial charge >= 0.3 is 5.97 Å².